The number of carbonyl (C=O) groups excluding carboxylic acids is 1. The van der Waals surface area contributed by atoms with E-state index in [4.69, 9.17) is 5.73 Å². The van der Waals surface area contributed by atoms with Crippen LogP contribution < -0.4 is 11.3 Å². The largest absolute Gasteiger partial charge is 0.465 e. The van der Waals surface area contributed by atoms with Gasteiger partial charge in [0.25, 0.3) is 5.56 Å². The van der Waals surface area contributed by atoms with Crippen LogP contribution in [0.15, 0.2) is 29.1 Å². The smallest absolute Gasteiger partial charge is 0.337 e. The van der Waals surface area contributed by atoms with Crippen molar-refractivity contribution >= 4 is 11.7 Å². The summed E-state index contributed by atoms with van der Waals surface area (Å²) in [6.07, 6.45) is 0. The number of nitrogen functional groups attached to an aromatic ring is 1. The average Bonchev–Trinajstić information content (AvgIpc) is 2.62. The van der Waals surface area contributed by atoms with E-state index >= 15 is 0 Å². The Morgan fingerprint density at radius 3 is 2.58 bits per heavy atom. The quantitative estimate of drug-likeness (QED) is 0.813. The van der Waals surface area contributed by atoms with Gasteiger partial charge in [-0.2, -0.15) is 0 Å². The maximum absolute atomic E-state index is 12.1. The lowest BCUT2D eigenvalue weighted by Crippen LogP contribution is -2.21. The van der Waals surface area contributed by atoms with E-state index < -0.39 is 5.97 Å². The number of hydrogen-bond donors (Lipinski definition) is 1. The fourth-order valence-electron chi connectivity index (χ4n) is 1.90. The third-order valence-corrected chi connectivity index (χ3v) is 3.11. The van der Waals surface area contributed by atoms with Crippen molar-refractivity contribution in [2.75, 3.05) is 12.8 Å². The summed E-state index contributed by atoms with van der Waals surface area (Å²) < 4.78 is 7.72. The fourth-order valence-corrected chi connectivity index (χ4v) is 1.90. The van der Waals surface area contributed by atoms with Gasteiger partial charge in [-0.15, -0.1) is 0 Å². The summed E-state index contributed by atoms with van der Waals surface area (Å²) in [7, 11) is 3.05. The molecule has 1 heterocycles. The summed E-state index contributed by atoms with van der Waals surface area (Å²) in [6.45, 7) is 1.76. The molecule has 0 radical (unpaired) electrons. The van der Waals surface area contributed by atoms with Crippen molar-refractivity contribution in [2.24, 2.45) is 7.05 Å². The Morgan fingerprint density at radius 2 is 2.05 bits per heavy atom. The maximum Gasteiger partial charge on any atom is 0.337 e. The van der Waals surface area contributed by atoms with Gasteiger partial charge in [-0.25, -0.2) is 9.48 Å². The topological polar surface area (TPSA) is 79.2 Å². The van der Waals surface area contributed by atoms with E-state index in [1.165, 1.54) is 11.8 Å². The minimum Gasteiger partial charge on any atom is -0.465 e. The molecule has 0 aliphatic heterocycles. The SMILES string of the molecule is COC(=O)c1cccc(-n2c(=O)c(N)c(C)n2C)c1. The zero-order chi connectivity index (χ0) is 14.2. The Bertz CT molecular complexity index is 698. The number of anilines is 1. The Morgan fingerprint density at radius 1 is 1.37 bits per heavy atom. The standard InChI is InChI=1S/C13H15N3O3/c1-8-11(14)12(17)16(15(8)2)10-6-4-5-9(7-10)13(18)19-3/h4-7H,14H2,1-3H3. The van der Waals surface area contributed by atoms with Gasteiger partial charge in [0.2, 0.25) is 0 Å². The molecule has 1 aromatic heterocycles. The van der Waals surface area contributed by atoms with Gasteiger partial charge in [0.05, 0.1) is 24.1 Å². The second-order valence-electron chi connectivity index (χ2n) is 4.18. The van der Waals surface area contributed by atoms with E-state index in [-0.39, 0.29) is 11.2 Å². The number of rotatable bonds is 2. The first kappa shape index (κ1) is 12.9. The Hall–Kier alpha value is -2.50. The van der Waals surface area contributed by atoms with Crippen LogP contribution in [0.5, 0.6) is 0 Å². The van der Waals surface area contributed by atoms with Crippen molar-refractivity contribution in [1.29, 1.82) is 0 Å². The summed E-state index contributed by atoms with van der Waals surface area (Å²) in [5, 5.41) is 0. The highest BCUT2D eigenvalue weighted by molar-refractivity contribution is 5.89. The van der Waals surface area contributed by atoms with Crippen molar-refractivity contribution < 1.29 is 9.53 Å². The number of ether oxygens (including phenoxy) is 1. The average molecular weight is 261 g/mol. The van der Waals surface area contributed by atoms with Gasteiger partial charge in [-0.1, -0.05) is 6.07 Å². The van der Waals surface area contributed by atoms with Crippen molar-refractivity contribution in [1.82, 2.24) is 9.36 Å². The van der Waals surface area contributed by atoms with Gasteiger partial charge in [0, 0.05) is 7.05 Å². The van der Waals surface area contributed by atoms with E-state index in [9.17, 15) is 9.59 Å². The molecule has 2 rings (SSSR count). The molecule has 19 heavy (non-hydrogen) atoms. The molecule has 0 bridgehead atoms. The number of benzene rings is 1. The number of nitrogens with zero attached hydrogens (tertiary/aromatic N) is 2. The molecule has 0 spiro atoms. The molecule has 0 unspecified atom stereocenters. The Kier molecular flexibility index (Phi) is 3.16. The lowest BCUT2D eigenvalue weighted by atomic mass is 10.2. The first-order valence-electron chi connectivity index (χ1n) is 5.70. The van der Waals surface area contributed by atoms with E-state index in [1.807, 2.05) is 0 Å². The van der Waals surface area contributed by atoms with Crippen LogP contribution in [0.1, 0.15) is 16.1 Å². The molecule has 2 aromatic rings. The monoisotopic (exact) mass is 261 g/mol. The molecule has 6 nitrogen and oxygen atoms in total. The summed E-state index contributed by atoms with van der Waals surface area (Å²) in [5.74, 6) is -0.450. The van der Waals surface area contributed by atoms with Gasteiger partial charge in [0.15, 0.2) is 0 Å². The van der Waals surface area contributed by atoms with Crippen molar-refractivity contribution in [3.8, 4) is 5.69 Å². The molecule has 0 atom stereocenters. The number of methoxy groups -OCH3 is 1. The molecule has 2 N–H and O–H groups in total. The molecular formula is C13H15N3O3. The van der Waals surface area contributed by atoms with E-state index in [2.05, 4.69) is 4.74 Å². The molecule has 0 aliphatic rings. The summed E-state index contributed by atoms with van der Waals surface area (Å²) >= 11 is 0. The molecular weight excluding hydrogens is 246 g/mol. The predicted octanol–water partition coefficient (Wildman–Crippen LogP) is 0.853. The van der Waals surface area contributed by atoms with E-state index in [0.717, 1.165) is 0 Å². The molecule has 0 saturated heterocycles. The van der Waals surface area contributed by atoms with Gasteiger partial charge in [0.1, 0.15) is 5.69 Å². The van der Waals surface area contributed by atoms with Crippen LogP contribution in [0.2, 0.25) is 0 Å². The number of esters is 1. The van der Waals surface area contributed by atoms with Gasteiger partial charge >= 0.3 is 5.97 Å². The lowest BCUT2D eigenvalue weighted by Gasteiger charge is -2.09. The summed E-state index contributed by atoms with van der Waals surface area (Å²) in [5.41, 5.74) is 7.23. The molecule has 0 saturated carbocycles. The highest BCUT2D eigenvalue weighted by Crippen LogP contribution is 2.13. The second kappa shape index (κ2) is 4.64. The first-order valence-corrected chi connectivity index (χ1v) is 5.70. The minimum absolute atomic E-state index is 0.200. The van der Waals surface area contributed by atoms with Crippen LogP contribution in [0.3, 0.4) is 0 Å². The van der Waals surface area contributed by atoms with Crippen LogP contribution >= 0.6 is 0 Å². The molecule has 0 fully saturated rings. The molecule has 0 amide bonds. The van der Waals surface area contributed by atoms with Crippen LogP contribution in [0, 0.1) is 6.92 Å². The Balaban J connectivity index is 2.64. The van der Waals surface area contributed by atoms with Crippen molar-refractivity contribution in [3.63, 3.8) is 0 Å². The van der Waals surface area contributed by atoms with Crippen LogP contribution in [-0.4, -0.2) is 22.4 Å². The fraction of sp³-hybridized carbons (Fsp3) is 0.231. The van der Waals surface area contributed by atoms with Crippen LogP contribution in [0.25, 0.3) is 5.69 Å². The summed E-state index contributed by atoms with van der Waals surface area (Å²) in [4.78, 5) is 23.6. The highest BCUT2D eigenvalue weighted by Gasteiger charge is 2.14. The molecule has 6 heteroatoms. The Labute approximate surface area is 110 Å². The lowest BCUT2D eigenvalue weighted by molar-refractivity contribution is 0.0600. The number of nitrogens with two attached hydrogens (primary N) is 1. The zero-order valence-corrected chi connectivity index (χ0v) is 11.0. The number of aromatic nitrogens is 2. The normalized spacial score (nSPS) is 10.5. The third-order valence-electron chi connectivity index (χ3n) is 3.11. The molecule has 100 valence electrons. The highest BCUT2D eigenvalue weighted by atomic mass is 16.5. The third kappa shape index (κ3) is 2.01. The van der Waals surface area contributed by atoms with Gasteiger partial charge < -0.3 is 10.5 Å². The number of carbonyl (C=O) groups is 1. The first-order chi connectivity index (χ1) is 8.97. The summed E-state index contributed by atoms with van der Waals surface area (Å²) in [6, 6.07) is 6.63. The predicted molar refractivity (Wildman–Crippen MR) is 71.5 cm³/mol. The van der Waals surface area contributed by atoms with Crippen molar-refractivity contribution in [2.45, 2.75) is 6.92 Å². The van der Waals surface area contributed by atoms with E-state index in [0.29, 0.717) is 16.9 Å². The maximum atomic E-state index is 12.1. The zero-order valence-electron chi connectivity index (χ0n) is 11.0. The van der Waals surface area contributed by atoms with Crippen LogP contribution in [0.4, 0.5) is 5.69 Å². The van der Waals surface area contributed by atoms with Crippen molar-refractivity contribution in [3.05, 3.63) is 45.9 Å². The van der Waals surface area contributed by atoms with Crippen LogP contribution in [-0.2, 0) is 11.8 Å². The van der Waals surface area contributed by atoms with Gasteiger partial charge in [-0.3, -0.25) is 9.48 Å². The minimum atomic E-state index is -0.450. The second-order valence-corrected chi connectivity index (χ2v) is 4.18. The molecule has 0 aliphatic carbocycles. The molecule has 1 aromatic carbocycles. The van der Waals surface area contributed by atoms with E-state index in [1.54, 1.807) is 42.9 Å². The number of hydrogen-bond acceptors (Lipinski definition) is 4. The van der Waals surface area contributed by atoms with Gasteiger partial charge in [-0.05, 0) is 25.1 Å².